The van der Waals surface area contributed by atoms with Crippen LogP contribution in [0, 0.1) is 20.8 Å². The number of hydrogen-bond acceptors (Lipinski definition) is 1. The van der Waals surface area contributed by atoms with Crippen LogP contribution in [0.4, 0.5) is 0 Å². The van der Waals surface area contributed by atoms with Crippen molar-refractivity contribution in [1.29, 1.82) is 0 Å². The molecule has 0 aliphatic carbocycles. The monoisotopic (exact) mass is 264 g/mol. The van der Waals surface area contributed by atoms with Crippen molar-refractivity contribution in [1.82, 2.24) is 0 Å². The minimum absolute atomic E-state index is 0. The molecule has 1 atom stereocenters. The number of aryl methyl sites for hydroxylation is 3. The molecule has 0 amide bonds. The zero-order valence-corrected chi connectivity index (χ0v) is 11.9. The van der Waals surface area contributed by atoms with E-state index >= 15 is 0 Å². The molecule has 0 heterocycles. The topological polar surface area (TPSA) is 17.1 Å². The summed E-state index contributed by atoms with van der Waals surface area (Å²) < 4.78 is 0. The Balaban J connectivity index is 0.00000180. The normalized spacial score (nSPS) is 10.5. The van der Waals surface area contributed by atoms with Gasteiger partial charge in [-0.2, -0.15) is 0 Å². The molecule has 0 N–H and O–H groups in total. The average Bonchev–Trinajstić information content (AvgIpc) is 2.32. The Morgan fingerprint density at radius 2 is 1.37 bits per heavy atom. The molecule has 94 valence electrons. The summed E-state index contributed by atoms with van der Waals surface area (Å²) in [6.45, 7) is 6.06. The molecule has 3 heteroatoms. The quantitative estimate of drug-likeness (QED) is 0.615. The summed E-state index contributed by atoms with van der Waals surface area (Å²) in [5, 5.41) is 1.14. The number of benzene rings is 2. The van der Waals surface area contributed by atoms with E-state index in [1.54, 1.807) is 0 Å². The van der Waals surface area contributed by atoms with Gasteiger partial charge in [0.2, 0.25) is 0 Å². The molecular weight excluding hydrogens is 246 g/mol. The van der Waals surface area contributed by atoms with E-state index in [2.05, 4.69) is 13.0 Å². The standard InChI is InChI=1S/C16H17OP.Li.H/c1-11-7-4-5-10-14(11)18-16(17)15-12(2)8-6-9-13(15)3;;/h4-10,18H,1-3H3;;. The van der Waals surface area contributed by atoms with Crippen molar-refractivity contribution in [2.75, 3.05) is 0 Å². The van der Waals surface area contributed by atoms with Gasteiger partial charge in [0.15, 0.2) is 5.52 Å². The van der Waals surface area contributed by atoms with Crippen molar-refractivity contribution < 1.29 is 4.79 Å². The predicted octanol–water partition coefficient (Wildman–Crippen LogP) is 3.11. The number of carbonyl (C=O) groups is 1. The molecule has 2 aromatic rings. The summed E-state index contributed by atoms with van der Waals surface area (Å²) >= 11 is 0. The Morgan fingerprint density at radius 1 is 0.842 bits per heavy atom. The molecule has 19 heavy (non-hydrogen) atoms. The zero-order valence-electron chi connectivity index (χ0n) is 10.9. The van der Waals surface area contributed by atoms with E-state index in [0.29, 0.717) is 0 Å². The fraction of sp³-hybridized carbons (Fsp3) is 0.188. The summed E-state index contributed by atoms with van der Waals surface area (Å²) in [6, 6.07) is 14.1. The third-order valence-corrected chi connectivity index (χ3v) is 4.41. The second-order valence-corrected chi connectivity index (χ2v) is 5.78. The summed E-state index contributed by atoms with van der Waals surface area (Å²) in [7, 11) is 0.208. The van der Waals surface area contributed by atoms with Gasteiger partial charge in [0, 0.05) is 5.56 Å². The second-order valence-electron chi connectivity index (χ2n) is 4.54. The van der Waals surface area contributed by atoms with Gasteiger partial charge in [-0.25, -0.2) is 0 Å². The molecule has 0 aromatic heterocycles. The maximum absolute atomic E-state index is 12.4. The van der Waals surface area contributed by atoms with Gasteiger partial charge in [0.1, 0.15) is 0 Å². The van der Waals surface area contributed by atoms with E-state index in [1.165, 1.54) is 5.56 Å². The van der Waals surface area contributed by atoms with E-state index in [-0.39, 0.29) is 33.0 Å². The Hall–Kier alpha value is -0.863. The predicted molar refractivity (Wildman–Crippen MR) is 86.5 cm³/mol. The van der Waals surface area contributed by atoms with Crippen molar-refractivity contribution in [3.8, 4) is 0 Å². The van der Waals surface area contributed by atoms with Crippen molar-refractivity contribution >= 4 is 38.3 Å². The summed E-state index contributed by atoms with van der Waals surface area (Å²) in [4.78, 5) is 12.4. The molecular formula is C16H18LiOP. The fourth-order valence-electron chi connectivity index (χ4n) is 2.07. The molecule has 1 unspecified atom stereocenters. The summed E-state index contributed by atoms with van der Waals surface area (Å²) in [6.07, 6.45) is 0. The van der Waals surface area contributed by atoms with Crippen LogP contribution in [0.25, 0.3) is 0 Å². The summed E-state index contributed by atoms with van der Waals surface area (Å²) in [5.74, 6) is 0. The zero-order chi connectivity index (χ0) is 13.1. The first-order valence-electron chi connectivity index (χ1n) is 6.03. The molecule has 0 spiro atoms. The van der Waals surface area contributed by atoms with Gasteiger partial charge in [0.25, 0.3) is 0 Å². The van der Waals surface area contributed by atoms with Crippen LogP contribution in [0.3, 0.4) is 0 Å². The van der Waals surface area contributed by atoms with E-state index < -0.39 is 0 Å². The van der Waals surface area contributed by atoms with Gasteiger partial charge >= 0.3 is 18.9 Å². The van der Waals surface area contributed by atoms with Crippen LogP contribution >= 0.6 is 8.58 Å². The van der Waals surface area contributed by atoms with Crippen molar-refractivity contribution in [3.63, 3.8) is 0 Å². The number of carbonyl (C=O) groups excluding carboxylic acids is 1. The van der Waals surface area contributed by atoms with Gasteiger partial charge in [0.05, 0.1) is 0 Å². The van der Waals surface area contributed by atoms with Gasteiger partial charge in [-0.1, -0.05) is 42.5 Å². The molecule has 0 bridgehead atoms. The van der Waals surface area contributed by atoms with E-state index in [0.717, 1.165) is 22.0 Å². The van der Waals surface area contributed by atoms with Crippen LogP contribution in [0.1, 0.15) is 27.0 Å². The second kappa shape index (κ2) is 7.06. The van der Waals surface area contributed by atoms with Gasteiger partial charge in [-0.05, 0) is 51.3 Å². The van der Waals surface area contributed by atoms with Crippen LogP contribution in [0.15, 0.2) is 42.5 Å². The Kier molecular flexibility index (Phi) is 6.02. The van der Waals surface area contributed by atoms with E-state index in [1.807, 2.05) is 50.2 Å². The minimum atomic E-state index is 0. The maximum atomic E-state index is 12.4. The van der Waals surface area contributed by atoms with Crippen LogP contribution in [-0.2, 0) is 0 Å². The van der Waals surface area contributed by atoms with Crippen molar-refractivity contribution in [3.05, 3.63) is 64.7 Å². The molecule has 2 rings (SSSR count). The van der Waals surface area contributed by atoms with E-state index in [9.17, 15) is 4.79 Å². The molecule has 2 aromatic carbocycles. The number of rotatable bonds is 3. The third-order valence-electron chi connectivity index (χ3n) is 3.10. The molecule has 1 nitrogen and oxygen atoms in total. The van der Waals surface area contributed by atoms with Gasteiger partial charge < -0.3 is 0 Å². The average molecular weight is 264 g/mol. The fourth-order valence-corrected chi connectivity index (χ4v) is 3.29. The molecule has 0 aliphatic rings. The van der Waals surface area contributed by atoms with E-state index in [4.69, 9.17) is 0 Å². The Labute approximate surface area is 128 Å². The van der Waals surface area contributed by atoms with Crippen molar-refractivity contribution in [2.45, 2.75) is 20.8 Å². The van der Waals surface area contributed by atoms with Crippen LogP contribution in [0.2, 0.25) is 0 Å². The molecule has 0 saturated carbocycles. The van der Waals surface area contributed by atoms with Crippen LogP contribution in [-0.4, -0.2) is 24.4 Å². The molecule has 0 saturated heterocycles. The first-order chi connectivity index (χ1) is 8.59. The van der Waals surface area contributed by atoms with Gasteiger partial charge in [-0.15, -0.1) is 0 Å². The van der Waals surface area contributed by atoms with Crippen LogP contribution < -0.4 is 5.30 Å². The Bertz CT molecular complexity index is 573. The molecule has 0 radical (unpaired) electrons. The SMILES string of the molecule is Cc1ccccc1PC(=O)c1c(C)cccc1C.[LiH]. The third kappa shape index (κ3) is 3.80. The van der Waals surface area contributed by atoms with Crippen LogP contribution in [0.5, 0.6) is 0 Å². The van der Waals surface area contributed by atoms with Gasteiger partial charge in [-0.3, -0.25) is 4.79 Å². The molecule has 0 aliphatic heterocycles. The number of hydrogen-bond donors (Lipinski definition) is 0. The first-order valence-corrected chi connectivity index (χ1v) is 7.03. The van der Waals surface area contributed by atoms with Crippen molar-refractivity contribution in [2.24, 2.45) is 0 Å². The summed E-state index contributed by atoms with van der Waals surface area (Å²) in [5.41, 5.74) is 4.46. The molecule has 0 fully saturated rings. The Morgan fingerprint density at radius 3 is 1.95 bits per heavy atom. The first kappa shape index (κ1) is 16.2.